The van der Waals surface area contributed by atoms with Gasteiger partial charge in [-0.3, -0.25) is 4.79 Å². The van der Waals surface area contributed by atoms with Gasteiger partial charge in [0.05, 0.1) is 19.8 Å². The molecule has 3 aliphatic rings. The van der Waals surface area contributed by atoms with Gasteiger partial charge in [0.1, 0.15) is 23.4 Å². The molecule has 0 fully saturated rings. The summed E-state index contributed by atoms with van der Waals surface area (Å²) < 4.78 is 28.1. The highest BCUT2D eigenvalue weighted by Gasteiger charge is 2.60. The molecule has 2 aromatic carbocycles. The molecule has 0 saturated heterocycles. The summed E-state index contributed by atoms with van der Waals surface area (Å²) in [6, 6.07) is 6.18. The van der Waals surface area contributed by atoms with Gasteiger partial charge >= 0.3 is 0 Å². The first-order chi connectivity index (χ1) is 14.8. The zero-order valence-corrected chi connectivity index (χ0v) is 17.3. The molecule has 31 heavy (non-hydrogen) atoms. The van der Waals surface area contributed by atoms with Gasteiger partial charge < -0.3 is 33.9 Å². The lowest BCUT2D eigenvalue weighted by Gasteiger charge is -2.45. The van der Waals surface area contributed by atoms with Crippen molar-refractivity contribution in [2.24, 2.45) is 0 Å². The average molecular weight is 426 g/mol. The van der Waals surface area contributed by atoms with E-state index in [4.69, 9.17) is 23.7 Å². The summed E-state index contributed by atoms with van der Waals surface area (Å²) in [5.41, 5.74) is -0.294. The Labute approximate surface area is 178 Å². The molecule has 0 spiro atoms. The van der Waals surface area contributed by atoms with Crippen LogP contribution in [0.2, 0.25) is 0 Å². The predicted octanol–water partition coefficient (Wildman–Crippen LogP) is 2.13. The Bertz CT molecular complexity index is 1120. The normalized spacial score (nSPS) is 27.5. The van der Waals surface area contributed by atoms with Crippen molar-refractivity contribution in [3.63, 3.8) is 0 Å². The van der Waals surface area contributed by atoms with Crippen LogP contribution in [0.25, 0.3) is 0 Å². The maximum Gasteiger partial charge on any atom is 0.238 e. The van der Waals surface area contributed by atoms with Crippen molar-refractivity contribution in [3.8, 4) is 28.7 Å². The van der Waals surface area contributed by atoms with Gasteiger partial charge in [-0.15, -0.1) is 0 Å². The summed E-state index contributed by atoms with van der Waals surface area (Å²) in [6.45, 7) is 5.80. The maximum atomic E-state index is 13.6. The number of hydrogen-bond acceptors (Lipinski definition) is 8. The van der Waals surface area contributed by atoms with Crippen LogP contribution in [0.4, 0.5) is 0 Å². The van der Waals surface area contributed by atoms with Crippen molar-refractivity contribution in [2.45, 2.75) is 37.4 Å². The Morgan fingerprint density at radius 2 is 1.84 bits per heavy atom. The van der Waals surface area contributed by atoms with Crippen molar-refractivity contribution in [1.29, 1.82) is 0 Å². The standard InChI is InChI=1S/C23H22O8/c1-10(2)15-7-12-14(29-15)6-5-11-19(12)31-21-22(25)30-16-9-18(28-4)17(27-3)8-13(16)23(21,26)20(11)24/h5-6,8-9,15,21-22,25-26H,1,7H2,2-4H3/t15-,21-,22-,23+/m1/s1. The molecule has 0 unspecified atom stereocenters. The minimum atomic E-state index is -2.18. The van der Waals surface area contributed by atoms with Gasteiger partial charge in [0, 0.05) is 23.6 Å². The van der Waals surface area contributed by atoms with Crippen LogP contribution in [-0.4, -0.2) is 48.7 Å². The lowest BCUT2D eigenvalue weighted by molar-refractivity contribution is -0.179. The van der Waals surface area contributed by atoms with Crippen molar-refractivity contribution in [3.05, 3.63) is 53.1 Å². The Hall–Kier alpha value is -3.23. The number of benzene rings is 2. The van der Waals surface area contributed by atoms with Crippen LogP contribution < -0.4 is 23.7 Å². The number of ketones is 1. The number of ether oxygens (including phenoxy) is 5. The average Bonchev–Trinajstić information content (AvgIpc) is 3.20. The first kappa shape index (κ1) is 19.7. The second kappa shape index (κ2) is 6.63. The van der Waals surface area contributed by atoms with E-state index >= 15 is 0 Å². The van der Waals surface area contributed by atoms with E-state index in [1.54, 1.807) is 12.1 Å². The summed E-state index contributed by atoms with van der Waals surface area (Å²) in [4.78, 5) is 13.6. The highest BCUT2D eigenvalue weighted by molar-refractivity contribution is 6.07. The second-order valence-electron chi connectivity index (χ2n) is 7.92. The Kier molecular flexibility index (Phi) is 4.22. The molecule has 3 aliphatic heterocycles. The third-order valence-corrected chi connectivity index (χ3v) is 6.08. The van der Waals surface area contributed by atoms with E-state index in [9.17, 15) is 15.0 Å². The van der Waals surface area contributed by atoms with Crippen molar-refractivity contribution >= 4 is 5.78 Å². The fraction of sp³-hybridized carbons (Fsp3) is 0.348. The molecule has 0 aliphatic carbocycles. The van der Waals surface area contributed by atoms with Crippen LogP contribution >= 0.6 is 0 Å². The molecule has 5 rings (SSSR count). The molecule has 0 bridgehead atoms. The molecule has 0 amide bonds. The first-order valence-electron chi connectivity index (χ1n) is 9.82. The quantitative estimate of drug-likeness (QED) is 0.720. The number of aliphatic hydroxyl groups excluding tert-OH is 1. The fourth-order valence-corrected chi connectivity index (χ4v) is 4.42. The molecule has 2 N–H and O–H groups in total. The van der Waals surface area contributed by atoms with Crippen LogP contribution in [0.15, 0.2) is 36.4 Å². The molecule has 0 aromatic heterocycles. The van der Waals surface area contributed by atoms with Crippen LogP contribution in [-0.2, 0) is 12.0 Å². The van der Waals surface area contributed by atoms with E-state index in [1.807, 2.05) is 6.92 Å². The number of hydrogen-bond donors (Lipinski definition) is 2. The Balaban J connectivity index is 1.67. The number of carbonyl (C=O) groups excluding carboxylic acids is 1. The summed E-state index contributed by atoms with van der Waals surface area (Å²) >= 11 is 0. The van der Waals surface area contributed by atoms with E-state index in [1.165, 1.54) is 26.4 Å². The van der Waals surface area contributed by atoms with Crippen LogP contribution in [0.3, 0.4) is 0 Å². The summed E-state index contributed by atoms with van der Waals surface area (Å²) in [6.07, 6.45) is -2.73. The number of fused-ring (bicyclic) bond motifs is 6. The monoisotopic (exact) mass is 426 g/mol. The molecule has 2 aromatic rings. The van der Waals surface area contributed by atoms with Crippen LogP contribution in [0.1, 0.15) is 28.4 Å². The molecular formula is C23H22O8. The first-order valence-corrected chi connectivity index (χ1v) is 9.82. The zero-order chi connectivity index (χ0) is 22.1. The summed E-state index contributed by atoms with van der Waals surface area (Å²) in [5.74, 6) is 1.02. The van der Waals surface area contributed by atoms with Gasteiger partial charge in [0.15, 0.2) is 17.1 Å². The molecule has 4 atom stereocenters. The van der Waals surface area contributed by atoms with E-state index in [2.05, 4.69) is 6.58 Å². The lowest BCUT2D eigenvalue weighted by Crippen LogP contribution is -2.61. The van der Waals surface area contributed by atoms with Crippen molar-refractivity contribution in [1.82, 2.24) is 0 Å². The minimum Gasteiger partial charge on any atom is -0.493 e. The number of methoxy groups -OCH3 is 2. The third-order valence-electron chi connectivity index (χ3n) is 6.08. The maximum absolute atomic E-state index is 13.6. The third kappa shape index (κ3) is 2.58. The van der Waals surface area contributed by atoms with Gasteiger partial charge in [0.25, 0.3) is 0 Å². The smallest absolute Gasteiger partial charge is 0.238 e. The van der Waals surface area contributed by atoms with E-state index < -0.39 is 23.8 Å². The van der Waals surface area contributed by atoms with Crippen molar-refractivity contribution in [2.75, 3.05) is 14.2 Å². The summed E-state index contributed by atoms with van der Waals surface area (Å²) in [7, 11) is 2.90. The predicted molar refractivity (Wildman–Crippen MR) is 108 cm³/mol. The molecule has 0 saturated carbocycles. The Morgan fingerprint density at radius 1 is 1.13 bits per heavy atom. The molecule has 8 heteroatoms. The lowest BCUT2D eigenvalue weighted by atomic mass is 9.76. The van der Waals surface area contributed by atoms with Gasteiger partial charge in [-0.25, -0.2) is 0 Å². The van der Waals surface area contributed by atoms with E-state index in [0.29, 0.717) is 29.2 Å². The second-order valence-corrected chi connectivity index (χ2v) is 7.92. The SMILES string of the molecule is C=C(C)[C@H]1Cc2c(ccc3c2O[C@@H]2[C@H](O)Oc4cc(OC)c(OC)cc4[C@]2(O)C3=O)O1. The number of Topliss-reactive ketones (excluding diaryl/α,β-unsaturated/α-hetero) is 1. The highest BCUT2D eigenvalue weighted by Crippen LogP contribution is 2.52. The molecule has 3 heterocycles. The number of aliphatic hydroxyl groups is 2. The number of carbonyl (C=O) groups is 1. The summed E-state index contributed by atoms with van der Waals surface area (Å²) in [5, 5.41) is 22.3. The zero-order valence-electron chi connectivity index (χ0n) is 17.3. The van der Waals surface area contributed by atoms with Crippen LogP contribution in [0.5, 0.6) is 28.7 Å². The molecule has 0 radical (unpaired) electrons. The van der Waals surface area contributed by atoms with E-state index in [-0.39, 0.29) is 28.7 Å². The van der Waals surface area contributed by atoms with Gasteiger partial charge in [0.2, 0.25) is 18.2 Å². The van der Waals surface area contributed by atoms with Gasteiger partial charge in [-0.2, -0.15) is 0 Å². The Morgan fingerprint density at radius 3 is 2.52 bits per heavy atom. The highest BCUT2D eigenvalue weighted by atomic mass is 16.6. The molecular weight excluding hydrogens is 404 g/mol. The van der Waals surface area contributed by atoms with Crippen LogP contribution in [0, 0.1) is 0 Å². The van der Waals surface area contributed by atoms with Crippen molar-refractivity contribution < 1.29 is 38.7 Å². The fourth-order valence-electron chi connectivity index (χ4n) is 4.42. The molecule has 162 valence electrons. The topological polar surface area (TPSA) is 104 Å². The molecule has 8 nitrogen and oxygen atoms in total. The van der Waals surface area contributed by atoms with Gasteiger partial charge in [-0.1, -0.05) is 6.58 Å². The van der Waals surface area contributed by atoms with Gasteiger partial charge in [-0.05, 0) is 30.7 Å². The minimum absolute atomic E-state index is 0.108. The van der Waals surface area contributed by atoms with E-state index in [0.717, 1.165) is 5.57 Å². The number of rotatable bonds is 3. The largest absolute Gasteiger partial charge is 0.493 e.